The molecule has 1 aliphatic rings. The van der Waals surface area contributed by atoms with Crippen LogP contribution in [0.5, 0.6) is 0 Å². The van der Waals surface area contributed by atoms with Gasteiger partial charge >= 0.3 is 0 Å². The summed E-state index contributed by atoms with van der Waals surface area (Å²) in [6.07, 6.45) is 3.65. The second-order valence-electron chi connectivity index (χ2n) is 6.66. The zero-order chi connectivity index (χ0) is 17.8. The van der Waals surface area contributed by atoms with Gasteiger partial charge in [0.2, 0.25) is 11.8 Å². The molecule has 1 heterocycles. The number of aryl methyl sites for hydroxylation is 1. The second kappa shape index (κ2) is 7.68. The van der Waals surface area contributed by atoms with Crippen molar-refractivity contribution < 1.29 is 9.59 Å². The molecule has 1 aromatic carbocycles. The molecule has 0 saturated heterocycles. The van der Waals surface area contributed by atoms with Gasteiger partial charge in [0.05, 0.1) is 11.0 Å². The van der Waals surface area contributed by atoms with Crippen LogP contribution in [0.4, 0.5) is 0 Å². The number of hydrogen-bond acceptors (Lipinski definition) is 3. The summed E-state index contributed by atoms with van der Waals surface area (Å²) in [5.74, 6) is 0.920. The molecular formula is C19H26N4O2. The van der Waals surface area contributed by atoms with E-state index in [1.807, 2.05) is 18.2 Å². The molecule has 1 saturated carbocycles. The molecule has 1 fully saturated rings. The molecule has 2 amide bonds. The molecule has 134 valence electrons. The minimum Gasteiger partial charge on any atom is -0.354 e. The molecule has 0 bridgehead atoms. The van der Waals surface area contributed by atoms with Crippen molar-refractivity contribution in [1.82, 2.24) is 20.2 Å². The molecule has 1 aromatic heterocycles. The topological polar surface area (TPSA) is 76.0 Å². The third kappa shape index (κ3) is 3.83. The Morgan fingerprint density at radius 3 is 2.76 bits per heavy atom. The molecule has 25 heavy (non-hydrogen) atoms. The van der Waals surface area contributed by atoms with Crippen molar-refractivity contribution in [3.8, 4) is 0 Å². The first-order valence-corrected chi connectivity index (χ1v) is 9.12. The van der Waals surface area contributed by atoms with Crippen molar-refractivity contribution in [1.29, 1.82) is 0 Å². The largest absolute Gasteiger partial charge is 0.354 e. The number of nitrogens with one attached hydrogen (secondary N) is 2. The normalized spacial score (nSPS) is 15.6. The van der Waals surface area contributed by atoms with Crippen molar-refractivity contribution in [3.63, 3.8) is 0 Å². The number of hydrogen-bond donors (Lipinski definition) is 2. The minimum absolute atomic E-state index is 0.00155. The molecule has 2 N–H and O–H groups in total. The number of rotatable bonds is 7. The third-order valence-electron chi connectivity index (χ3n) is 4.93. The molecule has 0 radical (unpaired) electrons. The van der Waals surface area contributed by atoms with E-state index >= 15 is 0 Å². The van der Waals surface area contributed by atoms with Crippen LogP contribution in [0.1, 0.15) is 38.9 Å². The molecule has 1 atom stereocenters. The van der Waals surface area contributed by atoms with Gasteiger partial charge in [0, 0.05) is 25.4 Å². The van der Waals surface area contributed by atoms with Crippen LogP contribution in [0.25, 0.3) is 11.0 Å². The van der Waals surface area contributed by atoms with E-state index < -0.39 is 6.04 Å². The van der Waals surface area contributed by atoms with E-state index in [1.54, 1.807) is 6.92 Å². The third-order valence-corrected chi connectivity index (χ3v) is 4.93. The second-order valence-corrected chi connectivity index (χ2v) is 6.66. The van der Waals surface area contributed by atoms with Gasteiger partial charge in [0.15, 0.2) is 0 Å². The molecule has 0 spiro atoms. The van der Waals surface area contributed by atoms with E-state index in [2.05, 4.69) is 33.2 Å². The number of fused-ring (bicyclic) bond motifs is 1. The van der Waals surface area contributed by atoms with E-state index in [4.69, 9.17) is 0 Å². The minimum atomic E-state index is -0.502. The average molecular weight is 342 g/mol. The predicted octanol–water partition coefficient (Wildman–Crippen LogP) is 2.02. The summed E-state index contributed by atoms with van der Waals surface area (Å²) in [6.45, 7) is 5.17. The molecule has 2 aromatic rings. The van der Waals surface area contributed by atoms with E-state index in [0.717, 1.165) is 42.7 Å². The van der Waals surface area contributed by atoms with E-state index in [9.17, 15) is 9.59 Å². The Labute approximate surface area is 148 Å². The SMILES string of the molecule is CCn1c(CCNC(=O)C(C)NC(=O)C2CCC2)nc2ccccc21. The zero-order valence-electron chi connectivity index (χ0n) is 14.9. The van der Waals surface area contributed by atoms with Gasteiger partial charge < -0.3 is 15.2 Å². The molecule has 1 aliphatic carbocycles. The Kier molecular flexibility index (Phi) is 5.36. The van der Waals surface area contributed by atoms with E-state index in [-0.39, 0.29) is 17.7 Å². The van der Waals surface area contributed by atoms with Crippen LogP contribution in [0.15, 0.2) is 24.3 Å². The summed E-state index contributed by atoms with van der Waals surface area (Å²) < 4.78 is 2.17. The van der Waals surface area contributed by atoms with Gasteiger partial charge in [-0.15, -0.1) is 0 Å². The fourth-order valence-electron chi connectivity index (χ4n) is 3.19. The number of carbonyl (C=O) groups excluding carboxylic acids is 2. The molecule has 6 heteroatoms. The lowest BCUT2D eigenvalue weighted by Crippen LogP contribution is -2.48. The highest BCUT2D eigenvalue weighted by Gasteiger charge is 2.27. The quantitative estimate of drug-likeness (QED) is 0.808. The van der Waals surface area contributed by atoms with Gasteiger partial charge in [-0.3, -0.25) is 9.59 Å². The lowest BCUT2D eigenvalue weighted by Gasteiger charge is -2.25. The van der Waals surface area contributed by atoms with Crippen LogP contribution in [0.3, 0.4) is 0 Å². The van der Waals surface area contributed by atoms with Crippen molar-refractivity contribution >= 4 is 22.8 Å². The van der Waals surface area contributed by atoms with Gasteiger partial charge in [0.1, 0.15) is 11.9 Å². The molecular weight excluding hydrogens is 316 g/mol. The maximum atomic E-state index is 12.2. The number of aromatic nitrogens is 2. The molecule has 1 unspecified atom stereocenters. The number of nitrogens with zero attached hydrogens (tertiary/aromatic N) is 2. The lowest BCUT2D eigenvalue weighted by molar-refractivity contribution is -0.132. The Balaban J connectivity index is 1.52. The summed E-state index contributed by atoms with van der Waals surface area (Å²) in [5.41, 5.74) is 2.10. The average Bonchev–Trinajstić information content (AvgIpc) is 2.90. The van der Waals surface area contributed by atoms with Gasteiger partial charge in [0.25, 0.3) is 0 Å². The predicted molar refractivity (Wildman–Crippen MR) is 97.1 cm³/mol. The van der Waals surface area contributed by atoms with Gasteiger partial charge in [-0.05, 0) is 38.8 Å². The first-order valence-electron chi connectivity index (χ1n) is 9.12. The van der Waals surface area contributed by atoms with Gasteiger partial charge in [-0.1, -0.05) is 18.6 Å². The number of amides is 2. The molecule has 6 nitrogen and oxygen atoms in total. The lowest BCUT2D eigenvalue weighted by atomic mass is 9.84. The fraction of sp³-hybridized carbons (Fsp3) is 0.526. The van der Waals surface area contributed by atoms with Gasteiger partial charge in [-0.25, -0.2) is 4.98 Å². The highest BCUT2D eigenvalue weighted by atomic mass is 16.2. The summed E-state index contributed by atoms with van der Waals surface area (Å²) >= 11 is 0. The maximum Gasteiger partial charge on any atom is 0.242 e. The van der Waals surface area contributed by atoms with Crippen LogP contribution >= 0.6 is 0 Å². The summed E-state index contributed by atoms with van der Waals surface area (Å²) in [7, 11) is 0. The number of benzene rings is 1. The zero-order valence-corrected chi connectivity index (χ0v) is 14.9. The van der Waals surface area contributed by atoms with Crippen LogP contribution in [-0.4, -0.2) is 34.0 Å². The van der Waals surface area contributed by atoms with E-state index in [1.165, 1.54) is 0 Å². The summed E-state index contributed by atoms with van der Waals surface area (Å²) in [6, 6.07) is 7.55. The summed E-state index contributed by atoms with van der Waals surface area (Å²) in [4.78, 5) is 28.7. The maximum absolute atomic E-state index is 12.2. The van der Waals surface area contributed by atoms with E-state index in [0.29, 0.717) is 13.0 Å². The monoisotopic (exact) mass is 342 g/mol. The van der Waals surface area contributed by atoms with Crippen molar-refractivity contribution in [2.24, 2.45) is 5.92 Å². The molecule has 0 aliphatic heterocycles. The van der Waals surface area contributed by atoms with Crippen molar-refractivity contribution in [2.45, 2.75) is 52.1 Å². The fourth-order valence-corrected chi connectivity index (χ4v) is 3.19. The highest BCUT2D eigenvalue weighted by molar-refractivity contribution is 5.88. The Morgan fingerprint density at radius 2 is 2.08 bits per heavy atom. The standard InChI is InChI=1S/C19H26N4O2/c1-3-23-16-10-5-4-9-15(16)22-17(23)11-12-20-18(24)13(2)21-19(25)14-7-6-8-14/h4-5,9-10,13-14H,3,6-8,11-12H2,1-2H3,(H,20,24)(H,21,25). The van der Waals surface area contributed by atoms with Crippen LogP contribution in [-0.2, 0) is 22.6 Å². The highest BCUT2D eigenvalue weighted by Crippen LogP contribution is 2.26. The first-order chi connectivity index (χ1) is 12.1. The first kappa shape index (κ1) is 17.5. The summed E-state index contributed by atoms with van der Waals surface area (Å²) in [5, 5.41) is 5.70. The van der Waals surface area contributed by atoms with Crippen LogP contribution < -0.4 is 10.6 Å². The number of imidazole rings is 1. The van der Waals surface area contributed by atoms with Gasteiger partial charge in [-0.2, -0.15) is 0 Å². The Hall–Kier alpha value is -2.37. The van der Waals surface area contributed by atoms with Crippen LogP contribution in [0, 0.1) is 5.92 Å². The van der Waals surface area contributed by atoms with Crippen molar-refractivity contribution in [2.75, 3.05) is 6.54 Å². The van der Waals surface area contributed by atoms with Crippen molar-refractivity contribution in [3.05, 3.63) is 30.1 Å². The number of carbonyl (C=O) groups is 2. The number of para-hydroxylation sites is 2. The smallest absolute Gasteiger partial charge is 0.242 e. The Bertz CT molecular complexity index is 764. The van der Waals surface area contributed by atoms with Crippen LogP contribution in [0.2, 0.25) is 0 Å². The Morgan fingerprint density at radius 1 is 1.32 bits per heavy atom. The molecule has 3 rings (SSSR count).